The van der Waals surface area contributed by atoms with Crippen LogP contribution in [-0.4, -0.2) is 26.7 Å². The first-order valence-corrected chi connectivity index (χ1v) is 6.74. The van der Waals surface area contributed by atoms with Crippen molar-refractivity contribution in [2.75, 3.05) is 20.8 Å². The Kier molecular flexibility index (Phi) is 5.35. The Morgan fingerprint density at radius 2 is 1.71 bits per heavy atom. The van der Waals surface area contributed by atoms with E-state index < -0.39 is 0 Å². The second-order valence-corrected chi connectivity index (χ2v) is 4.54. The Labute approximate surface area is 124 Å². The Morgan fingerprint density at radius 3 is 2.38 bits per heavy atom. The first kappa shape index (κ1) is 15.1. The molecule has 2 aromatic carbocycles. The van der Waals surface area contributed by atoms with E-state index >= 15 is 0 Å². The molecule has 0 heterocycles. The molecular formula is C17H19NO3. The number of rotatable bonds is 6. The summed E-state index contributed by atoms with van der Waals surface area (Å²) in [5.74, 6) is 0.481. The van der Waals surface area contributed by atoms with Crippen molar-refractivity contribution in [2.45, 2.75) is 6.04 Å². The van der Waals surface area contributed by atoms with Gasteiger partial charge in [-0.25, -0.2) is 0 Å². The number of nitrogens with one attached hydrogen (secondary N) is 1. The molecule has 1 N–H and O–H groups in total. The van der Waals surface area contributed by atoms with Gasteiger partial charge >= 0.3 is 5.97 Å². The van der Waals surface area contributed by atoms with Gasteiger partial charge in [0.15, 0.2) is 0 Å². The molecule has 110 valence electrons. The van der Waals surface area contributed by atoms with E-state index in [4.69, 9.17) is 9.47 Å². The average molecular weight is 285 g/mol. The molecule has 4 nitrogen and oxygen atoms in total. The van der Waals surface area contributed by atoms with E-state index in [1.807, 2.05) is 54.6 Å². The zero-order valence-corrected chi connectivity index (χ0v) is 12.2. The van der Waals surface area contributed by atoms with Gasteiger partial charge < -0.3 is 9.47 Å². The largest absolute Gasteiger partial charge is 0.496 e. The molecule has 0 aliphatic rings. The lowest BCUT2D eigenvalue weighted by molar-refractivity contribution is -0.139. The Balaban J connectivity index is 2.33. The minimum absolute atomic E-state index is 0.133. The molecule has 0 radical (unpaired) electrons. The molecule has 1 atom stereocenters. The molecule has 0 aliphatic carbocycles. The SMILES string of the molecule is COC(=O)CNC(c1ccccc1)c1ccccc1OC. The predicted molar refractivity (Wildman–Crippen MR) is 81.3 cm³/mol. The number of hydrogen-bond acceptors (Lipinski definition) is 4. The summed E-state index contributed by atoms with van der Waals surface area (Å²) in [5.41, 5.74) is 2.04. The number of hydrogen-bond donors (Lipinski definition) is 1. The Morgan fingerprint density at radius 1 is 1.05 bits per heavy atom. The van der Waals surface area contributed by atoms with Crippen LogP contribution in [0.2, 0.25) is 0 Å². The van der Waals surface area contributed by atoms with E-state index in [-0.39, 0.29) is 18.6 Å². The Hall–Kier alpha value is -2.33. The summed E-state index contributed by atoms with van der Waals surface area (Å²) in [5, 5.41) is 3.22. The van der Waals surface area contributed by atoms with Crippen molar-refractivity contribution in [3.63, 3.8) is 0 Å². The van der Waals surface area contributed by atoms with Crippen LogP contribution in [0.3, 0.4) is 0 Å². The zero-order chi connectivity index (χ0) is 15.1. The molecule has 1 unspecified atom stereocenters. The molecule has 0 amide bonds. The number of esters is 1. The topological polar surface area (TPSA) is 47.6 Å². The van der Waals surface area contributed by atoms with Gasteiger partial charge in [-0.3, -0.25) is 10.1 Å². The fourth-order valence-corrected chi connectivity index (χ4v) is 2.22. The molecule has 0 saturated carbocycles. The van der Waals surface area contributed by atoms with E-state index in [0.29, 0.717) is 0 Å². The molecule has 0 spiro atoms. The van der Waals surface area contributed by atoms with Crippen LogP contribution >= 0.6 is 0 Å². The van der Waals surface area contributed by atoms with E-state index in [1.54, 1.807) is 7.11 Å². The van der Waals surface area contributed by atoms with Gasteiger partial charge in [0, 0.05) is 5.56 Å². The van der Waals surface area contributed by atoms with Crippen molar-refractivity contribution < 1.29 is 14.3 Å². The van der Waals surface area contributed by atoms with Gasteiger partial charge in [0.2, 0.25) is 0 Å². The number of ether oxygens (including phenoxy) is 2. The van der Waals surface area contributed by atoms with Gasteiger partial charge in [-0.2, -0.15) is 0 Å². The highest BCUT2D eigenvalue weighted by atomic mass is 16.5. The quantitative estimate of drug-likeness (QED) is 0.829. The van der Waals surface area contributed by atoms with Crippen LogP contribution in [0.5, 0.6) is 5.75 Å². The minimum atomic E-state index is -0.300. The molecule has 0 bridgehead atoms. The number of carbonyl (C=O) groups excluding carboxylic acids is 1. The average Bonchev–Trinajstić information content (AvgIpc) is 2.56. The third kappa shape index (κ3) is 3.83. The second-order valence-electron chi connectivity index (χ2n) is 4.54. The van der Waals surface area contributed by atoms with Crippen molar-refractivity contribution in [3.05, 3.63) is 65.7 Å². The lowest BCUT2D eigenvalue weighted by Gasteiger charge is -2.21. The molecular weight excluding hydrogens is 266 g/mol. The maximum atomic E-state index is 11.4. The standard InChI is InChI=1S/C17H19NO3/c1-20-15-11-7-6-10-14(15)17(18-12-16(19)21-2)13-8-4-3-5-9-13/h3-11,17-18H,12H2,1-2H3. The van der Waals surface area contributed by atoms with E-state index in [9.17, 15) is 4.79 Å². The van der Waals surface area contributed by atoms with Crippen molar-refractivity contribution in [1.29, 1.82) is 0 Å². The lowest BCUT2D eigenvalue weighted by Crippen LogP contribution is -2.29. The van der Waals surface area contributed by atoms with Crippen molar-refractivity contribution in [1.82, 2.24) is 5.32 Å². The molecule has 0 aliphatic heterocycles. The summed E-state index contributed by atoms with van der Waals surface area (Å²) >= 11 is 0. The van der Waals surface area contributed by atoms with Gasteiger partial charge in [0.1, 0.15) is 5.75 Å². The molecule has 4 heteroatoms. The highest BCUT2D eigenvalue weighted by Crippen LogP contribution is 2.29. The zero-order valence-electron chi connectivity index (χ0n) is 12.2. The minimum Gasteiger partial charge on any atom is -0.496 e. The third-order valence-electron chi connectivity index (χ3n) is 3.26. The highest BCUT2D eigenvalue weighted by Gasteiger charge is 2.18. The summed E-state index contributed by atoms with van der Waals surface area (Å²) in [4.78, 5) is 11.4. The van der Waals surface area contributed by atoms with E-state index in [0.717, 1.165) is 16.9 Å². The van der Waals surface area contributed by atoms with Crippen LogP contribution in [0.1, 0.15) is 17.2 Å². The molecule has 0 saturated heterocycles. The maximum Gasteiger partial charge on any atom is 0.319 e. The summed E-state index contributed by atoms with van der Waals surface area (Å²) in [6, 6.07) is 17.6. The molecule has 21 heavy (non-hydrogen) atoms. The summed E-state index contributed by atoms with van der Waals surface area (Å²) < 4.78 is 10.1. The second kappa shape index (κ2) is 7.45. The fraction of sp³-hybridized carbons (Fsp3) is 0.235. The van der Waals surface area contributed by atoms with Crippen LogP contribution in [0, 0.1) is 0 Å². The third-order valence-corrected chi connectivity index (χ3v) is 3.26. The monoisotopic (exact) mass is 285 g/mol. The smallest absolute Gasteiger partial charge is 0.319 e. The molecule has 2 rings (SSSR count). The van der Waals surface area contributed by atoms with Gasteiger partial charge in [-0.05, 0) is 11.6 Å². The van der Waals surface area contributed by atoms with E-state index in [1.165, 1.54) is 7.11 Å². The lowest BCUT2D eigenvalue weighted by atomic mass is 9.98. The fourth-order valence-electron chi connectivity index (χ4n) is 2.22. The number of carbonyl (C=O) groups is 1. The maximum absolute atomic E-state index is 11.4. The number of methoxy groups -OCH3 is 2. The Bertz CT molecular complexity index is 584. The predicted octanol–water partition coefficient (Wildman–Crippen LogP) is 2.55. The van der Waals surface area contributed by atoms with Crippen LogP contribution in [0.25, 0.3) is 0 Å². The highest BCUT2D eigenvalue weighted by molar-refractivity contribution is 5.71. The first-order chi connectivity index (χ1) is 10.3. The van der Waals surface area contributed by atoms with Crippen molar-refractivity contribution in [3.8, 4) is 5.75 Å². The van der Waals surface area contributed by atoms with Crippen LogP contribution in [0.15, 0.2) is 54.6 Å². The summed E-state index contributed by atoms with van der Waals surface area (Å²) in [6.07, 6.45) is 0. The van der Waals surface area contributed by atoms with Crippen molar-refractivity contribution in [2.24, 2.45) is 0 Å². The molecule has 0 fully saturated rings. The molecule has 2 aromatic rings. The van der Waals surface area contributed by atoms with Crippen LogP contribution in [0.4, 0.5) is 0 Å². The van der Waals surface area contributed by atoms with Gasteiger partial charge in [0.05, 0.1) is 26.8 Å². The van der Waals surface area contributed by atoms with Crippen LogP contribution < -0.4 is 10.1 Å². The first-order valence-electron chi connectivity index (χ1n) is 6.74. The molecule has 0 aromatic heterocycles. The summed E-state index contributed by atoms with van der Waals surface area (Å²) in [6.45, 7) is 0.133. The number of benzene rings is 2. The van der Waals surface area contributed by atoms with Gasteiger partial charge in [0.25, 0.3) is 0 Å². The number of para-hydroxylation sites is 1. The van der Waals surface area contributed by atoms with E-state index in [2.05, 4.69) is 5.32 Å². The van der Waals surface area contributed by atoms with Gasteiger partial charge in [-0.1, -0.05) is 48.5 Å². The van der Waals surface area contributed by atoms with Crippen LogP contribution in [-0.2, 0) is 9.53 Å². The van der Waals surface area contributed by atoms with Crippen molar-refractivity contribution >= 4 is 5.97 Å². The summed E-state index contributed by atoms with van der Waals surface area (Å²) in [7, 11) is 3.02. The normalized spacial score (nSPS) is 11.7. The van der Waals surface area contributed by atoms with Gasteiger partial charge in [-0.15, -0.1) is 0 Å².